The molecule has 1 saturated carbocycles. The molecule has 1 aliphatic carbocycles. The SMILES string of the molecule is Cc1ccc(Cl)cc1-n1nnc(C(=O)OC2CCCCC2)c1C. The fourth-order valence-electron chi connectivity index (χ4n) is 2.95. The zero-order chi connectivity index (χ0) is 16.4. The summed E-state index contributed by atoms with van der Waals surface area (Å²) in [6, 6.07) is 5.55. The van der Waals surface area contributed by atoms with Gasteiger partial charge < -0.3 is 4.74 Å². The van der Waals surface area contributed by atoms with Gasteiger partial charge in [0.25, 0.3) is 0 Å². The van der Waals surface area contributed by atoms with Crippen LogP contribution in [-0.4, -0.2) is 27.1 Å². The minimum absolute atomic E-state index is 0.00806. The summed E-state index contributed by atoms with van der Waals surface area (Å²) in [6.07, 6.45) is 5.33. The molecule has 0 aliphatic heterocycles. The fraction of sp³-hybridized carbons (Fsp3) is 0.471. The van der Waals surface area contributed by atoms with Crippen molar-refractivity contribution in [3.63, 3.8) is 0 Å². The first-order valence-corrected chi connectivity index (χ1v) is 8.34. The second-order valence-corrected chi connectivity index (χ2v) is 6.47. The Morgan fingerprint density at radius 2 is 2.00 bits per heavy atom. The number of hydrogen-bond donors (Lipinski definition) is 0. The Morgan fingerprint density at radius 3 is 2.74 bits per heavy atom. The molecule has 0 atom stereocenters. The van der Waals surface area contributed by atoms with Crippen molar-refractivity contribution in [1.82, 2.24) is 15.0 Å². The molecular formula is C17H20ClN3O2. The van der Waals surface area contributed by atoms with Gasteiger partial charge in [-0.05, 0) is 57.2 Å². The molecule has 23 heavy (non-hydrogen) atoms. The minimum Gasteiger partial charge on any atom is -0.458 e. The molecule has 0 unspecified atom stereocenters. The van der Waals surface area contributed by atoms with Crippen LogP contribution in [0.1, 0.15) is 53.8 Å². The smallest absolute Gasteiger partial charge is 0.361 e. The number of hydrogen-bond acceptors (Lipinski definition) is 4. The molecule has 2 aromatic rings. The predicted octanol–water partition coefficient (Wildman–Crippen LogP) is 4.03. The number of esters is 1. The number of ether oxygens (including phenoxy) is 1. The van der Waals surface area contributed by atoms with E-state index in [4.69, 9.17) is 16.3 Å². The van der Waals surface area contributed by atoms with Crippen molar-refractivity contribution in [3.8, 4) is 5.69 Å². The van der Waals surface area contributed by atoms with Gasteiger partial charge in [-0.3, -0.25) is 0 Å². The van der Waals surface area contributed by atoms with Crippen molar-refractivity contribution >= 4 is 17.6 Å². The third-order valence-corrected chi connectivity index (χ3v) is 4.55. The summed E-state index contributed by atoms with van der Waals surface area (Å²) < 4.78 is 7.22. The Labute approximate surface area is 140 Å². The summed E-state index contributed by atoms with van der Waals surface area (Å²) in [6.45, 7) is 3.78. The Hall–Kier alpha value is -1.88. The van der Waals surface area contributed by atoms with E-state index in [2.05, 4.69) is 10.3 Å². The first-order valence-electron chi connectivity index (χ1n) is 7.96. The zero-order valence-electron chi connectivity index (χ0n) is 13.4. The van der Waals surface area contributed by atoms with Gasteiger partial charge in [0.15, 0.2) is 5.69 Å². The summed E-state index contributed by atoms with van der Waals surface area (Å²) in [5, 5.41) is 8.75. The van der Waals surface area contributed by atoms with Crippen LogP contribution >= 0.6 is 11.6 Å². The Bertz CT molecular complexity index is 721. The second kappa shape index (κ2) is 6.71. The summed E-state index contributed by atoms with van der Waals surface area (Å²) in [4.78, 5) is 12.4. The molecule has 3 rings (SSSR count). The van der Waals surface area contributed by atoms with Gasteiger partial charge in [-0.1, -0.05) is 29.3 Å². The fourth-order valence-corrected chi connectivity index (χ4v) is 3.11. The van der Waals surface area contributed by atoms with E-state index in [1.165, 1.54) is 6.42 Å². The lowest BCUT2D eigenvalue weighted by atomic mass is 9.98. The van der Waals surface area contributed by atoms with Gasteiger partial charge >= 0.3 is 5.97 Å². The van der Waals surface area contributed by atoms with E-state index in [0.717, 1.165) is 36.9 Å². The molecule has 5 nitrogen and oxygen atoms in total. The van der Waals surface area contributed by atoms with Gasteiger partial charge in [0.1, 0.15) is 6.10 Å². The maximum atomic E-state index is 12.4. The molecule has 6 heteroatoms. The monoisotopic (exact) mass is 333 g/mol. The van der Waals surface area contributed by atoms with Crippen molar-refractivity contribution in [2.24, 2.45) is 0 Å². The van der Waals surface area contributed by atoms with Gasteiger partial charge in [-0.2, -0.15) is 0 Å². The number of nitrogens with zero attached hydrogens (tertiary/aromatic N) is 3. The first-order chi connectivity index (χ1) is 11.1. The van der Waals surface area contributed by atoms with Crippen molar-refractivity contribution in [2.45, 2.75) is 52.1 Å². The highest BCUT2D eigenvalue weighted by Crippen LogP contribution is 2.23. The third-order valence-electron chi connectivity index (χ3n) is 4.31. The maximum Gasteiger partial charge on any atom is 0.361 e. The van der Waals surface area contributed by atoms with E-state index >= 15 is 0 Å². The highest BCUT2D eigenvalue weighted by atomic mass is 35.5. The van der Waals surface area contributed by atoms with Crippen LogP contribution in [0.2, 0.25) is 5.02 Å². The van der Waals surface area contributed by atoms with E-state index in [1.54, 1.807) is 4.68 Å². The number of aromatic nitrogens is 3. The first kappa shape index (κ1) is 16.0. The van der Waals surface area contributed by atoms with Crippen LogP contribution < -0.4 is 0 Å². The van der Waals surface area contributed by atoms with Crippen LogP contribution in [0.4, 0.5) is 0 Å². The van der Waals surface area contributed by atoms with E-state index in [9.17, 15) is 4.79 Å². The molecule has 0 radical (unpaired) electrons. The van der Waals surface area contributed by atoms with Crippen LogP contribution in [0.25, 0.3) is 5.69 Å². The van der Waals surface area contributed by atoms with Crippen LogP contribution in [0.15, 0.2) is 18.2 Å². The summed E-state index contributed by atoms with van der Waals surface area (Å²) in [5.74, 6) is -0.389. The largest absolute Gasteiger partial charge is 0.458 e. The Kier molecular flexibility index (Phi) is 4.66. The van der Waals surface area contributed by atoms with E-state index < -0.39 is 0 Å². The number of carbonyl (C=O) groups excluding carboxylic acids is 1. The number of halogens is 1. The highest BCUT2D eigenvalue weighted by Gasteiger charge is 2.24. The molecule has 0 bridgehead atoms. The van der Waals surface area contributed by atoms with Crippen LogP contribution in [0.5, 0.6) is 0 Å². The standard InChI is InChI=1S/C17H20ClN3O2/c1-11-8-9-13(18)10-15(11)21-12(2)16(19-20-21)17(22)23-14-6-4-3-5-7-14/h8-10,14H,3-7H2,1-2H3. The van der Waals surface area contributed by atoms with Crippen molar-refractivity contribution in [2.75, 3.05) is 0 Å². The van der Waals surface area contributed by atoms with Crippen molar-refractivity contribution in [1.29, 1.82) is 0 Å². The molecule has 1 aliphatic rings. The third kappa shape index (κ3) is 3.39. The van der Waals surface area contributed by atoms with Gasteiger partial charge in [0.2, 0.25) is 0 Å². The zero-order valence-corrected chi connectivity index (χ0v) is 14.1. The molecule has 0 N–H and O–H groups in total. The number of carbonyl (C=O) groups is 1. The van der Waals surface area contributed by atoms with E-state index in [1.807, 2.05) is 32.0 Å². The van der Waals surface area contributed by atoms with Crippen LogP contribution in [0, 0.1) is 13.8 Å². The molecule has 1 heterocycles. The summed E-state index contributed by atoms with van der Waals surface area (Å²) in [5.41, 5.74) is 2.76. The molecule has 1 aromatic heterocycles. The number of rotatable bonds is 3. The molecule has 1 aromatic carbocycles. The molecule has 0 spiro atoms. The molecule has 1 fully saturated rings. The van der Waals surface area contributed by atoms with Gasteiger partial charge in [-0.15, -0.1) is 5.10 Å². The molecule has 0 amide bonds. The lowest BCUT2D eigenvalue weighted by Gasteiger charge is -2.21. The lowest BCUT2D eigenvalue weighted by Crippen LogP contribution is -2.21. The second-order valence-electron chi connectivity index (χ2n) is 6.03. The Balaban J connectivity index is 1.84. The van der Waals surface area contributed by atoms with Crippen LogP contribution in [0.3, 0.4) is 0 Å². The van der Waals surface area contributed by atoms with Crippen LogP contribution in [-0.2, 0) is 4.74 Å². The summed E-state index contributed by atoms with van der Waals surface area (Å²) >= 11 is 6.06. The normalized spacial score (nSPS) is 15.6. The van der Waals surface area contributed by atoms with E-state index in [-0.39, 0.29) is 17.8 Å². The quantitative estimate of drug-likeness (QED) is 0.796. The highest BCUT2D eigenvalue weighted by molar-refractivity contribution is 6.30. The summed E-state index contributed by atoms with van der Waals surface area (Å²) in [7, 11) is 0. The number of aryl methyl sites for hydroxylation is 1. The average Bonchev–Trinajstić information content (AvgIpc) is 2.92. The van der Waals surface area contributed by atoms with E-state index in [0.29, 0.717) is 10.7 Å². The minimum atomic E-state index is -0.389. The Morgan fingerprint density at radius 1 is 1.26 bits per heavy atom. The predicted molar refractivity (Wildman–Crippen MR) is 88.1 cm³/mol. The number of benzene rings is 1. The topological polar surface area (TPSA) is 57.0 Å². The van der Waals surface area contributed by atoms with Gasteiger partial charge in [0, 0.05) is 5.02 Å². The molecule has 122 valence electrons. The average molecular weight is 334 g/mol. The molecule has 0 saturated heterocycles. The van der Waals surface area contributed by atoms with Gasteiger partial charge in [0.05, 0.1) is 11.4 Å². The lowest BCUT2D eigenvalue weighted by molar-refractivity contribution is 0.0203. The van der Waals surface area contributed by atoms with Gasteiger partial charge in [-0.25, -0.2) is 9.48 Å². The molecular weight excluding hydrogens is 314 g/mol. The van der Waals surface area contributed by atoms with Crippen molar-refractivity contribution < 1.29 is 9.53 Å². The maximum absolute atomic E-state index is 12.4. The van der Waals surface area contributed by atoms with Crippen molar-refractivity contribution in [3.05, 3.63) is 40.2 Å².